The molecule has 2 saturated heterocycles. The molecule has 0 N–H and O–H groups in total. The van der Waals surface area contributed by atoms with Gasteiger partial charge in [0.1, 0.15) is 0 Å². The zero-order chi connectivity index (χ0) is 21.1. The van der Waals surface area contributed by atoms with Crippen LogP contribution in [0, 0.1) is 5.92 Å². The van der Waals surface area contributed by atoms with Crippen LogP contribution in [0.4, 0.5) is 5.69 Å². The van der Waals surface area contributed by atoms with Crippen LogP contribution >= 0.6 is 0 Å². The van der Waals surface area contributed by atoms with E-state index in [0.29, 0.717) is 37.2 Å². The molecule has 2 fully saturated rings. The van der Waals surface area contributed by atoms with Crippen LogP contribution in [0.1, 0.15) is 59.2 Å². The van der Waals surface area contributed by atoms with Crippen molar-refractivity contribution in [3.8, 4) is 0 Å². The summed E-state index contributed by atoms with van der Waals surface area (Å²) in [4.78, 5) is 44.4. The highest BCUT2D eigenvalue weighted by atomic mass is 16.5. The molecule has 4 rings (SSSR count). The minimum absolute atomic E-state index is 0.0438. The van der Waals surface area contributed by atoms with E-state index in [0.717, 1.165) is 51.0 Å². The number of carbonyl (C=O) groups is 3. The van der Waals surface area contributed by atoms with Gasteiger partial charge in [-0.2, -0.15) is 0 Å². The first-order chi connectivity index (χ1) is 14.6. The van der Waals surface area contributed by atoms with Gasteiger partial charge in [0, 0.05) is 46.4 Å². The van der Waals surface area contributed by atoms with Crippen molar-refractivity contribution in [2.75, 3.05) is 51.3 Å². The summed E-state index contributed by atoms with van der Waals surface area (Å²) in [6.45, 7) is 3.99. The van der Waals surface area contributed by atoms with Crippen molar-refractivity contribution in [1.29, 1.82) is 0 Å². The molecule has 0 unspecified atom stereocenters. The summed E-state index contributed by atoms with van der Waals surface area (Å²) in [5, 5.41) is 0. The molecule has 162 valence electrons. The number of benzene rings is 1. The Morgan fingerprint density at radius 2 is 1.87 bits per heavy atom. The maximum absolute atomic E-state index is 13.1. The number of hydrogen-bond donors (Lipinski definition) is 0. The van der Waals surface area contributed by atoms with Gasteiger partial charge in [0.25, 0.3) is 11.8 Å². The van der Waals surface area contributed by atoms with E-state index in [1.54, 1.807) is 13.2 Å². The first kappa shape index (κ1) is 20.8. The number of methoxy groups -OCH3 is 1. The van der Waals surface area contributed by atoms with Gasteiger partial charge in [-0.05, 0) is 50.7 Å². The quantitative estimate of drug-likeness (QED) is 0.530. The molecule has 1 aromatic carbocycles. The fourth-order valence-corrected chi connectivity index (χ4v) is 4.92. The lowest BCUT2D eigenvalue weighted by Crippen LogP contribution is -2.46. The number of amides is 3. The van der Waals surface area contributed by atoms with Gasteiger partial charge in [0.05, 0.1) is 22.7 Å². The van der Waals surface area contributed by atoms with E-state index in [4.69, 9.17) is 4.74 Å². The second-order valence-electron chi connectivity index (χ2n) is 8.48. The Labute approximate surface area is 177 Å². The summed E-state index contributed by atoms with van der Waals surface area (Å²) < 4.78 is 5.06. The molecule has 0 saturated carbocycles. The minimum atomic E-state index is -0.231. The SMILES string of the molecule is COCCCN1C(=O)c2cccc(N3CCC[C@@H](C(=O)N4CCCCC4)C3)c2C1=O. The van der Waals surface area contributed by atoms with Gasteiger partial charge < -0.3 is 14.5 Å². The average Bonchev–Trinajstić information content (AvgIpc) is 3.04. The third kappa shape index (κ3) is 3.95. The highest BCUT2D eigenvalue weighted by Crippen LogP contribution is 2.34. The number of piperidine rings is 2. The third-order valence-corrected chi connectivity index (χ3v) is 6.49. The molecule has 0 spiro atoms. The number of hydrogen-bond acceptors (Lipinski definition) is 5. The van der Waals surface area contributed by atoms with Crippen LogP contribution in [-0.4, -0.2) is 74.0 Å². The topological polar surface area (TPSA) is 70.2 Å². The smallest absolute Gasteiger partial charge is 0.263 e. The molecule has 0 aliphatic carbocycles. The molecule has 1 atom stereocenters. The van der Waals surface area contributed by atoms with Gasteiger partial charge in [0.15, 0.2) is 0 Å². The molecule has 0 aromatic heterocycles. The number of rotatable bonds is 6. The zero-order valence-corrected chi connectivity index (χ0v) is 17.8. The van der Waals surface area contributed by atoms with E-state index in [1.807, 2.05) is 17.0 Å². The first-order valence-electron chi connectivity index (χ1n) is 11.1. The van der Waals surface area contributed by atoms with Crippen molar-refractivity contribution in [3.05, 3.63) is 29.3 Å². The maximum atomic E-state index is 13.1. The Bertz CT molecular complexity index is 819. The number of likely N-dealkylation sites (tertiary alicyclic amines) is 1. The molecule has 30 heavy (non-hydrogen) atoms. The number of imide groups is 1. The molecule has 1 aromatic rings. The van der Waals surface area contributed by atoms with E-state index in [1.165, 1.54) is 11.3 Å². The van der Waals surface area contributed by atoms with Gasteiger partial charge in [-0.1, -0.05) is 6.07 Å². The number of carbonyl (C=O) groups excluding carboxylic acids is 3. The highest BCUT2D eigenvalue weighted by molar-refractivity contribution is 6.23. The highest BCUT2D eigenvalue weighted by Gasteiger charge is 2.39. The Hall–Kier alpha value is -2.41. The number of fused-ring (bicyclic) bond motifs is 1. The van der Waals surface area contributed by atoms with Gasteiger partial charge in [-0.3, -0.25) is 19.3 Å². The van der Waals surface area contributed by atoms with Crippen molar-refractivity contribution in [2.24, 2.45) is 5.92 Å². The normalized spacial score (nSPS) is 21.9. The largest absolute Gasteiger partial charge is 0.385 e. The van der Waals surface area contributed by atoms with Crippen LogP contribution in [0.15, 0.2) is 18.2 Å². The minimum Gasteiger partial charge on any atom is -0.385 e. The van der Waals surface area contributed by atoms with Crippen LogP contribution in [0.25, 0.3) is 0 Å². The van der Waals surface area contributed by atoms with Crippen molar-refractivity contribution in [1.82, 2.24) is 9.80 Å². The summed E-state index contributed by atoms with van der Waals surface area (Å²) in [7, 11) is 1.61. The van der Waals surface area contributed by atoms with Crippen LogP contribution in [0.5, 0.6) is 0 Å². The molecule has 3 amide bonds. The molecular formula is C23H31N3O4. The molecule has 7 heteroatoms. The van der Waals surface area contributed by atoms with E-state index in [2.05, 4.69) is 4.90 Å². The van der Waals surface area contributed by atoms with Crippen molar-refractivity contribution >= 4 is 23.4 Å². The summed E-state index contributed by atoms with van der Waals surface area (Å²) in [5.74, 6) is -0.259. The fraction of sp³-hybridized carbons (Fsp3) is 0.609. The van der Waals surface area contributed by atoms with Crippen LogP contribution in [0.3, 0.4) is 0 Å². The predicted molar refractivity (Wildman–Crippen MR) is 114 cm³/mol. The van der Waals surface area contributed by atoms with E-state index < -0.39 is 0 Å². The molecule has 3 aliphatic heterocycles. The predicted octanol–water partition coefficient (Wildman–Crippen LogP) is 2.55. The summed E-state index contributed by atoms with van der Waals surface area (Å²) in [5.41, 5.74) is 1.75. The Balaban J connectivity index is 1.52. The first-order valence-corrected chi connectivity index (χ1v) is 11.1. The van der Waals surface area contributed by atoms with E-state index in [9.17, 15) is 14.4 Å². The fourth-order valence-electron chi connectivity index (χ4n) is 4.92. The molecule has 3 aliphatic rings. The lowest BCUT2D eigenvalue weighted by molar-refractivity contribution is -0.136. The van der Waals surface area contributed by atoms with Crippen LogP contribution < -0.4 is 4.90 Å². The number of ether oxygens (including phenoxy) is 1. The Kier molecular flexibility index (Phi) is 6.37. The number of nitrogens with zero attached hydrogens (tertiary/aromatic N) is 3. The molecular weight excluding hydrogens is 382 g/mol. The lowest BCUT2D eigenvalue weighted by Gasteiger charge is -2.37. The monoisotopic (exact) mass is 413 g/mol. The number of anilines is 1. The molecule has 0 radical (unpaired) electrons. The van der Waals surface area contributed by atoms with Gasteiger partial charge >= 0.3 is 0 Å². The van der Waals surface area contributed by atoms with Gasteiger partial charge in [-0.25, -0.2) is 0 Å². The summed E-state index contributed by atoms with van der Waals surface area (Å²) >= 11 is 0. The molecule has 7 nitrogen and oxygen atoms in total. The van der Waals surface area contributed by atoms with Crippen molar-refractivity contribution < 1.29 is 19.1 Å². The summed E-state index contributed by atoms with van der Waals surface area (Å²) in [6, 6.07) is 5.49. The van der Waals surface area contributed by atoms with Gasteiger partial charge in [-0.15, -0.1) is 0 Å². The lowest BCUT2D eigenvalue weighted by atomic mass is 9.94. The maximum Gasteiger partial charge on any atom is 0.263 e. The van der Waals surface area contributed by atoms with Crippen LogP contribution in [0.2, 0.25) is 0 Å². The summed E-state index contributed by atoms with van der Waals surface area (Å²) in [6.07, 6.45) is 5.79. The van der Waals surface area contributed by atoms with Crippen LogP contribution in [-0.2, 0) is 9.53 Å². The molecule has 0 bridgehead atoms. The second kappa shape index (κ2) is 9.16. The Morgan fingerprint density at radius 1 is 1.07 bits per heavy atom. The van der Waals surface area contributed by atoms with Crippen molar-refractivity contribution in [3.63, 3.8) is 0 Å². The molecule has 3 heterocycles. The Morgan fingerprint density at radius 3 is 2.63 bits per heavy atom. The van der Waals surface area contributed by atoms with Gasteiger partial charge in [0.2, 0.25) is 5.91 Å². The third-order valence-electron chi connectivity index (χ3n) is 6.49. The standard InChI is InChI=1S/C23H31N3O4/c1-30-15-7-14-26-22(28)18-9-5-10-19(20(18)23(26)29)25-13-6-8-17(16-25)21(27)24-11-3-2-4-12-24/h5,9-10,17H,2-4,6-8,11-16H2,1H3/t17-/m1/s1. The zero-order valence-electron chi connectivity index (χ0n) is 17.8. The second-order valence-corrected chi connectivity index (χ2v) is 8.48. The van der Waals surface area contributed by atoms with E-state index >= 15 is 0 Å². The van der Waals surface area contributed by atoms with Crippen molar-refractivity contribution in [2.45, 2.75) is 38.5 Å². The van der Waals surface area contributed by atoms with E-state index in [-0.39, 0.29) is 23.6 Å². The average molecular weight is 414 g/mol.